The quantitative estimate of drug-likeness (QED) is 0.919. The van der Waals surface area contributed by atoms with Crippen LogP contribution in [-0.2, 0) is 13.1 Å². The summed E-state index contributed by atoms with van der Waals surface area (Å²) in [6, 6.07) is 4.79. The van der Waals surface area contributed by atoms with Gasteiger partial charge < -0.3 is 9.88 Å². The fourth-order valence-corrected chi connectivity index (χ4v) is 3.14. The molecule has 0 saturated carbocycles. The van der Waals surface area contributed by atoms with E-state index in [1.165, 1.54) is 37.2 Å². The maximum absolute atomic E-state index is 4.48. The third kappa shape index (κ3) is 3.72. The number of imidazole rings is 1. The van der Waals surface area contributed by atoms with Gasteiger partial charge >= 0.3 is 0 Å². The van der Waals surface area contributed by atoms with Crippen molar-refractivity contribution in [3.63, 3.8) is 0 Å². The van der Waals surface area contributed by atoms with Crippen LogP contribution in [0.3, 0.4) is 0 Å². The van der Waals surface area contributed by atoms with E-state index in [4.69, 9.17) is 0 Å². The van der Waals surface area contributed by atoms with Gasteiger partial charge in [-0.05, 0) is 51.5 Å². The first-order valence-electron chi connectivity index (χ1n) is 8.02. The molecule has 2 aromatic rings. The summed E-state index contributed by atoms with van der Waals surface area (Å²) in [5.74, 6) is 0. The van der Waals surface area contributed by atoms with E-state index >= 15 is 0 Å². The second-order valence-corrected chi connectivity index (χ2v) is 6.27. The van der Waals surface area contributed by atoms with Crippen molar-refractivity contribution < 1.29 is 0 Å². The molecule has 5 heteroatoms. The van der Waals surface area contributed by atoms with Crippen LogP contribution in [0.15, 0.2) is 30.9 Å². The molecule has 0 radical (unpaired) electrons. The molecule has 5 nitrogen and oxygen atoms in total. The van der Waals surface area contributed by atoms with Crippen LogP contribution in [0.25, 0.3) is 0 Å². The number of likely N-dealkylation sites (tertiary alicyclic amines) is 1. The Bertz CT molecular complexity index is 572. The fourth-order valence-electron chi connectivity index (χ4n) is 3.14. The Morgan fingerprint density at radius 3 is 2.77 bits per heavy atom. The number of piperidine rings is 1. The zero-order valence-electron chi connectivity index (χ0n) is 13.5. The van der Waals surface area contributed by atoms with Crippen LogP contribution in [0.1, 0.15) is 29.8 Å². The van der Waals surface area contributed by atoms with Crippen molar-refractivity contribution >= 4 is 0 Å². The number of nitrogens with one attached hydrogen (secondary N) is 1. The monoisotopic (exact) mass is 299 g/mol. The highest BCUT2D eigenvalue weighted by atomic mass is 15.2. The van der Waals surface area contributed by atoms with E-state index in [-0.39, 0.29) is 0 Å². The number of nitrogens with zero attached hydrogens (tertiary/aromatic N) is 4. The number of hydrogen-bond acceptors (Lipinski definition) is 4. The minimum Gasteiger partial charge on any atom is -0.348 e. The first-order valence-corrected chi connectivity index (χ1v) is 8.02. The summed E-state index contributed by atoms with van der Waals surface area (Å²) in [6.07, 6.45) is 8.04. The maximum Gasteiger partial charge on any atom is 0.0925 e. The molecule has 2 aromatic heterocycles. The van der Waals surface area contributed by atoms with E-state index in [2.05, 4.69) is 44.8 Å². The summed E-state index contributed by atoms with van der Waals surface area (Å²) < 4.78 is 0. The third-order valence-electron chi connectivity index (χ3n) is 4.60. The van der Waals surface area contributed by atoms with Gasteiger partial charge in [-0.15, -0.1) is 0 Å². The lowest BCUT2D eigenvalue weighted by Crippen LogP contribution is -2.43. The van der Waals surface area contributed by atoms with Crippen LogP contribution < -0.4 is 0 Å². The van der Waals surface area contributed by atoms with Gasteiger partial charge in [-0.3, -0.25) is 9.88 Å². The molecule has 1 aliphatic heterocycles. The molecule has 118 valence electrons. The van der Waals surface area contributed by atoms with Gasteiger partial charge in [-0.1, -0.05) is 6.07 Å². The topological polar surface area (TPSA) is 48.1 Å². The molecular formula is C17H25N5. The number of aryl methyl sites for hydroxylation is 1. The normalized spacial score (nSPS) is 17.2. The third-order valence-corrected chi connectivity index (χ3v) is 4.60. The highest BCUT2D eigenvalue weighted by Gasteiger charge is 2.24. The van der Waals surface area contributed by atoms with Crippen LogP contribution in [-0.4, -0.2) is 50.9 Å². The van der Waals surface area contributed by atoms with Crippen molar-refractivity contribution in [1.82, 2.24) is 24.8 Å². The first-order chi connectivity index (χ1) is 10.7. The Morgan fingerprint density at radius 1 is 1.32 bits per heavy atom. The predicted molar refractivity (Wildman–Crippen MR) is 87.3 cm³/mol. The summed E-state index contributed by atoms with van der Waals surface area (Å²) in [5, 5.41) is 0. The average molecular weight is 299 g/mol. The highest BCUT2D eigenvalue weighted by molar-refractivity contribution is 5.12. The molecule has 1 aliphatic rings. The number of rotatable bonds is 5. The minimum atomic E-state index is 0.618. The minimum absolute atomic E-state index is 0.618. The lowest BCUT2D eigenvalue weighted by Gasteiger charge is -2.37. The highest BCUT2D eigenvalue weighted by Crippen LogP contribution is 2.21. The van der Waals surface area contributed by atoms with Crippen molar-refractivity contribution in [3.8, 4) is 0 Å². The second kappa shape index (κ2) is 7.03. The van der Waals surface area contributed by atoms with E-state index in [9.17, 15) is 0 Å². The van der Waals surface area contributed by atoms with Crippen molar-refractivity contribution in [2.75, 3.05) is 20.1 Å². The van der Waals surface area contributed by atoms with Crippen molar-refractivity contribution in [2.24, 2.45) is 0 Å². The molecule has 3 rings (SSSR count). The van der Waals surface area contributed by atoms with Crippen LogP contribution in [0.5, 0.6) is 0 Å². The van der Waals surface area contributed by atoms with E-state index < -0.39 is 0 Å². The van der Waals surface area contributed by atoms with Gasteiger partial charge in [0.15, 0.2) is 0 Å². The largest absolute Gasteiger partial charge is 0.348 e. The van der Waals surface area contributed by atoms with Gasteiger partial charge in [-0.25, -0.2) is 4.98 Å². The molecule has 1 fully saturated rings. The molecule has 3 heterocycles. The van der Waals surface area contributed by atoms with Gasteiger partial charge in [0.25, 0.3) is 0 Å². The van der Waals surface area contributed by atoms with Crippen LogP contribution in [0.2, 0.25) is 0 Å². The summed E-state index contributed by atoms with van der Waals surface area (Å²) in [7, 11) is 2.21. The molecule has 0 amide bonds. The molecule has 0 atom stereocenters. The van der Waals surface area contributed by atoms with Gasteiger partial charge in [0.2, 0.25) is 0 Å². The van der Waals surface area contributed by atoms with E-state index in [0.29, 0.717) is 6.04 Å². The number of pyridine rings is 1. The fraction of sp³-hybridized carbons (Fsp3) is 0.529. The first kappa shape index (κ1) is 15.2. The second-order valence-electron chi connectivity index (χ2n) is 6.27. The van der Waals surface area contributed by atoms with E-state index in [1.54, 1.807) is 6.33 Å². The Hall–Kier alpha value is -1.72. The average Bonchev–Trinajstić information content (AvgIpc) is 2.94. The Kier molecular flexibility index (Phi) is 4.85. The molecule has 1 N–H and O–H groups in total. The standard InChI is InChI=1S/C17H25N5/c1-14-17(20-13-19-14)12-22(11-15-4-3-7-18-10-15)16-5-8-21(2)9-6-16/h3-4,7,10,13,16H,5-6,8-9,11-12H2,1-2H3,(H,19,20). The molecule has 22 heavy (non-hydrogen) atoms. The number of hydrogen-bond donors (Lipinski definition) is 1. The molecule has 0 aliphatic carbocycles. The number of aromatic nitrogens is 3. The van der Waals surface area contributed by atoms with E-state index in [1.807, 2.05) is 18.5 Å². The summed E-state index contributed by atoms with van der Waals surface area (Å²) >= 11 is 0. The summed E-state index contributed by atoms with van der Waals surface area (Å²) in [5.41, 5.74) is 3.60. The predicted octanol–water partition coefficient (Wildman–Crippen LogP) is 2.21. The lowest BCUT2D eigenvalue weighted by molar-refractivity contribution is 0.107. The van der Waals surface area contributed by atoms with Crippen molar-refractivity contribution in [1.29, 1.82) is 0 Å². The Labute approximate surface area is 132 Å². The van der Waals surface area contributed by atoms with Crippen LogP contribution in [0, 0.1) is 6.92 Å². The lowest BCUT2D eigenvalue weighted by atomic mass is 10.0. The summed E-state index contributed by atoms with van der Waals surface area (Å²) in [6.45, 7) is 6.29. The maximum atomic E-state index is 4.48. The molecule has 0 bridgehead atoms. The van der Waals surface area contributed by atoms with Crippen molar-refractivity contribution in [2.45, 2.75) is 38.9 Å². The molecular weight excluding hydrogens is 274 g/mol. The van der Waals surface area contributed by atoms with Gasteiger partial charge in [0.05, 0.1) is 12.0 Å². The number of H-pyrrole nitrogens is 1. The van der Waals surface area contributed by atoms with Gasteiger partial charge in [0.1, 0.15) is 0 Å². The van der Waals surface area contributed by atoms with Gasteiger partial charge in [0, 0.05) is 37.2 Å². The van der Waals surface area contributed by atoms with Crippen LogP contribution >= 0.6 is 0 Å². The van der Waals surface area contributed by atoms with Crippen molar-refractivity contribution in [3.05, 3.63) is 47.8 Å². The molecule has 0 spiro atoms. The molecule has 1 saturated heterocycles. The summed E-state index contributed by atoms with van der Waals surface area (Å²) in [4.78, 5) is 16.9. The zero-order valence-corrected chi connectivity index (χ0v) is 13.5. The SMILES string of the molecule is Cc1[nH]cnc1CN(Cc1cccnc1)C1CCN(C)CC1. The van der Waals surface area contributed by atoms with Crippen LogP contribution in [0.4, 0.5) is 0 Å². The molecule has 0 aromatic carbocycles. The molecule has 0 unspecified atom stereocenters. The number of aromatic amines is 1. The van der Waals surface area contributed by atoms with E-state index in [0.717, 1.165) is 18.8 Å². The van der Waals surface area contributed by atoms with Gasteiger partial charge in [-0.2, -0.15) is 0 Å². The smallest absolute Gasteiger partial charge is 0.0925 e. The Balaban J connectivity index is 1.74. The Morgan fingerprint density at radius 2 is 2.14 bits per heavy atom. The zero-order chi connectivity index (χ0) is 15.4.